The molecule has 1 aromatic rings. The molecular formula is C14H16FNO. The van der Waals surface area contributed by atoms with Crippen molar-refractivity contribution in [3.8, 4) is 6.07 Å². The highest BCUT2D eigenvalue weighted by atomic mass is 19.1. The molecule has 0 N–H and O–H groups in total. The molecule has 90 valence electrons. The van der Waals surface area contributed by atoms with Gasteiger partial charge in [0.15, 0.2) is 5.78 Å². The van der Waals surface area contributed by atoms with Crippen molar-refractivity contribution in [1.29, 1.82) is 5.26 Å². The van der Waals surface area contributed by atoms with Crippen molar-refractivity contribution in [2.45, 2.75) is 38.5 Å². The summed E-state index contributed by atoms with van der Waals surface area (Å²) in [6, 6.07) is 7.89. The highest BCUT2D eigenvalue weighted by Gasteiger charge is 2.05. The van der Waals surface area contributed by atoms with Gasteiger partial charge in [-0.05, 0) is 25.0 Å². The Labute approximate surface area is 101 Å². The molecule has 0 spiro atoms. The van der Waals surface area contributed by atoms with E-state index in [0.717, 1.165) is 25.7 Å². The molecule has 0 saturated carbocycles. The van der Waals surface area contributed by atoms with E-state index in [-0.39, 0.29) is 11.6 Å². The molecule has 2 nitrogen and oxygen atoms in total. The maximum absolute atomic E-state index is 12.9. The first-order valence-electron chi connectivity index (χ1n) is 5.90. The summed E-state index contributed by atoms with van der Waals surface area (Å²) in [7, 11) is 0. The largest absolute Gasteiger partial charge is 0.294 e. The Morgan fingerprint density at radius 3 is 2.71 bits per heavy atom. The predicted molar refractivity (Wildman–Crippen MR) is 64.0 cm³/mol. The van der Waals surface area contributed by atoms with Gasteiger partial charge in [-0.1, -0.05) is 25.0 Å². The van der Waals surface area contributed by atoms with Gasteiger partial charge in [0.1, 0.15) is 5.82 Å². The lowest BCUT2D eigenvalue weighted by molar-refractivity contribution is 0.0978. The molecule has 0 aromatic heterocycles. The molecule has 0 amide bonds. The molecule has 0 aliphatic heterocycles. The Kier molecular flexibility index (Phi) is 5.95. The van der Waals surface area contributed by atoms with E-state index in [1.54, 1.807) is 12.1 Å². The van der Waals surface area contributed by atoms with Crippen LogP contribution < -0.4 is 0 Å². The average Bonchev–Trinajstić information content (AvgIpc) is 2.33. The Morgan fingerprint density at radius 1 is 1.24 bits per heavy atom. The average molecular weight is 233 g/mol. The smallest absolute Gasteiger partial charge is 0.162 e. The number of ketones is 1. The van der Waals surface area contributed by atoms with Crippen LogP contribution in [-0.2, 0) is 0 Å². The predicted octanol–water partition coefficient (Wildman–Crippen LogP) is 3.87. The Hall–Kier alpha value is -1.69. The Balaban J connectivity index is 2.24. The van der Waals surface area contributed by atoms with Gasteiger partial charge in [0.05, 0.1) is 6.07 Å². The number of halogens is 1. The van der Waals surface area contributed by atoms with Crippen molar-refractivity contribution in [3.05, 3.63) is 35.6 Å². The van der Waals surface area contributed by atoms with Gasteiger partial charge in [0.25, 0.3) is 0 Å². The van der Waals surface area contributed by atoms with Gasteiger partial charge in [-0.15, -0.1) is 0 Å². The number of carbonyl (C=O) groups is 1. The van der Waals surface area contributed by atoms with E-state index >= 15 is 0 Å². The van der Waals surface area contributed by atoms with Gasteiger partial charge in [-0.2, -0.15) is 5.26 Å². The van der Waals surface area contributed by atoms with E-state index in [4.69, 9.17) is 5.26 Å². The van der Waals surface area contributed by atoms with Crippen LogP contribution in [0, 0.1) is 17.1 Å². The van der Waals surface area contributed by atoms with Crippen molar-refractivity contribution in [1.82, 2.24) is 0 Å². The fourth-order valence-corrected chi connectivity index (χ4v) is 1.65. The first-order valence-corrected chi connectivity index (χ1v) is 5.90. The summed E-state index contributed by atoms with van der Waals surface area (Å²) in [5.74, 6) is -0.380. The third kappa shape index (κ3) is 5.26. The second-order valence-electron chi connectivity index (χ2n) is 4.01. The SMILES string of the molecule is N#CCCCCCCC(=O)c1cccc(F)c1. The lowest BCUT2D eigenvalue weighted by Crippen LogP contribution is -1.99. The molecule has 3 heteroatoms. The Bertz CT molecular complexity index is 409. The third-order valence-electron chi connectivity index (χ3n) is 2.59. The van der Waals surface area contributed by atoms with E-state index in [9.17, 15) is 9.18 Å². The van der Waals surface area contributed by atoms with Gasteiger partial charge in [-0.25, -0.2) is 4.39 Å². The molecular weight excluding hydrogens is 217 g/mol. The van der Waals surface area contributed by atoms with E-state index in [0.29, 0.717) is 18.4 Å². The van der Waals surface area contributed by atoms with Crippen LogP contribution in [0.15, 0.2) is 24.3 Å². The Morgan fingerprint density at radius 2 is 2.00 bits per heavy atom. The van der Waals surface area contributed by atoms with Gasteiger partial charge >= 0.3 is 0 Å². The normalized spacial score (nSPS) is 9.88. The molecule has 0 heterocycles. The van der Waals surface area contributed by atoms with Crippen molar-refractivity contribution >= 4 is 5.78 Å². The molecule has 0 atom stereocenters. The van der Waals surface area contributed by atoms with Crippen LogP contribution in [0.3, 0.4) is 0 Å². The van der Waals surface area contributed by atoms with Crippen LogP contribution in [0.2, 0.25) is 0 Å². The fraction of sp³-hybridized carbons (Fsp3) is 0.429. The molecule has 0 aliphatic carbocycles. The van der Waals surface area contributed by atoms with Crippen molar-refractivity contribution in [2.75, 3.05) is 0 Å². The van der Waals surface area contributed by atoms with E-state index in [1.165, 1.54) is 12.1 Å². The van der Waals surface area contributed by atoms with Crippen molar-refractivity contribution in [2.24, 2.45) is 0 Å². The summed E-state index contributed by atoms with van der Waals surface area (Å²) >= 11 is 0. The van der Waals surface area contributed by atoms with Crippen LogP contribution >= 0.6 is 0 Å². The van der Waals surface area contributed by atoms with Crippen LogP contribution in [0.1, 0.15) is 48.9 Å². The first-order chi connectivity index (χ1) is 8.24. The van der Waals surface area contributed by atoms with E-state index < -0.39 is 0 Å². The molecule has 0 unspecified atom stereocenters. The number of hydrogen-bond donors (Lipinski definition) is 0. The van der Waals surface area contributed by atoms with E-state index in [1.807, 2.05) is 0 Å². The number of carbonyl (C=O) groups excluding carboxylic acids is 1. The quantitative estimate of drug-likeness (QED) is 0.529. The molecule has 17 heavy (non-hydrogen) atoms. The van der Waals surface area contributed by atoms with Crippen molar-refractivity contribution < 1.29 is 9.18 Å². The number of nitriles is 1. The van der Waals surface area contributed by atoms with Gasteiger partial charge in [0.2, 0.25) is 0 Å². The summed E-state index contributed by atoms with van der Waals surface area (Å²) in [4.78, 5) is 11.7. The molecule has 0 bridgehead atoms. The number of rotatable bonds is 7. The zero-order valence-electron chi connectivity index (χ0n) is 9.79. The topological polar surface area (TPSA) is 40.9 Å². The third-order valence-corrected chi connectivity index (χ3v) is 2.59. The van der Waals surface area contributed by atoms with Crippen LogP contribution in [0.5, 0.6) is 0 Å². The highest BCUT2D eigenvalue weighted by molar-refractivity contribution is 5.95. The van der Waals surface area contributed by atoms with Gasteiger partial charge in [0, 0.05) is 18.4 Å². The lowest BCUT2D eigenvalue weighted by atomic mass is 10.0. The number of unbranched alkanes of at least 4 members (excludes halogenated alkanes) is 4. The zero-order chi connectivity index (χ0) is 12.5. The van der Waals surface area contributed by atoms with Crippen molar-refractivity contribution in [3.63, 3.8) is 0 Å². The number of nitrogens with zero attached hydrogens (tertiary/aromatic N) is 1. The molecule has 0 aliphatic rings. The van der Waals surface area contributed by atoms with Crippen LogP contribution in [0.4, 0.5) is 4.39 Å². The number of hydrogen-bond acceptors (Lipinski definition) is 2. The molecule has 1 aromatic carbocycles. The van der Waals surface area contributed by atoms with Gasteiger partial charge < -0.3 is 0 Å². The monoisotopic (exact) mass is 233 g/mol. The first kappa shape index (κ1) is 13.4. The summed E-state index contributed by atoms with van der Waals surface area (Å²) in [6.45, 7) is 0. The summed E-state index contributed by atoms with van der Waals surface area (Å²) < 4.78 is 12.9. The zero-order valence-corrected chi connectivity index (χ0v) is 9.79. The number of Topliss-reactive ketones (excluding diaryl/α,β-unsaturated/α-hetero) is 1. The molecule has 1 rings (SSSR count). The minimum absolute atomic E-state index is 0.00946. The standard InChI is InChI=1S/C14H16FNO/c15-13-8-6-7-12(11-13)14(17)9-4-2-1-3-5-10-16/h6-8,11H,1-5,9H2. The second-order valence-corrected chi connectivity index (χ2v) is 4.01. The second kappa shape index (κ2) is 7.56. The molecule has 0 saturated heterocycles. The maximum Gasteiger partial charge on any atom is 0.162 e. The summed E-state index contributed by atoms with van der Waals surface area (Å²) in [6.07, 6.45) is 4.66. The number of benzene rings is 1. The van der Waals surface area contributed by atoms with Crippen LogP contribution in [-0.4, -0.2) is 5.78 Å². The van der Waals surface area contributed by atoms with Gasteiger partial charge in [-0.3, -0.25) is 4.79 Å². The minimum Gasteiger partial charge on any atom is -0.294 e. The summed E-state index contributed by atoms with van der Waals surface area (Å²) in [5.41, 5.74) is 0.446. The fourth-order valence-electron chi connectivity index (χ4n) is 1.65. The highest BCUT2D eigenvalue weighted by Crippen LogP contribution is 2.11. The molecule has 0 fully saturated rings. The lowest BCUT2D eigenvalue weighted by Gasteiger charge is -2.01. The minimum atomic E-state index is -0.370. The van der Waals surface area contributed by atoms with Crippen LogP contribution in [0.25, 0.3) is 0 Å². The molecule has 0 radical (unpaired) electrons. The van der Waals surface area contributed by atoms with E-state index in [2.05, 4.69) is 6.07 Å². The summed E-state index contributed by atoms with van der Waals surface area (Å²) in [5, 5.41) is 8.35. The maximum atomic E-state index is 12.9.